The van der Waals surface area contributed by atoms with Gasteiger partial charge >= 0.3 is 0 Å². The van der Waals surface area contributed by atoms with Gasteiger partial charge in [-0.15, -0.1) is 0 Å². The van der Waals surface area contributed by atoms with E-state index in [1.54, 1.807) is 12.1 Å². The molecule has 0 amide bonds. The molecule has 3 rings (SSSR count). The van der Waals surface area contributed by atoms with Crippen LogP contribution in [0, 0.1) is 13.8 Å². The van der Waals surface area contributed by atoms with E-state index in [9.17, 15) is 13.5 Å². The summed E-state index contributed by atoms with van der Waals surface area (Å²) < 4.78 is 33.7. The minimum absolute atomic E-state index is 0.0440. The van der Waals surface area contributed by atoms with Gasteiger partial charge in [-0.05, 0) is 68.0 Å². The molecule has 0 aliphatic heterocycles. The summed E-state index contributed by atoms with van der Waals surface area (Å²) in [5.41, 5.74) is 2.26. The first-order valence-electron chi connectivity index (χ1n) is 8.81. The van der Waals surface area contributed by atoms with Crippen LogP contribution in [0.25, 0.3) is 0 Å². The van der Waals surface area contributed by atoms with Crippen molar-refractivity contribution < 1.29 is 18.3 Å². The number of aryl methyl sites for hydroxylation is 3. The highest BCUT2D eigenvalue weighted by Crippen LogP contribution is 2.36. The van der Waals surface area contributed by atoms with Gasteiger partial charge in [0.05, 0.1) is 11.5 Å². The van der Waals surface area contributed by atoms with Crippen molar-refractivity contribution in [3.63, 3.8) is 0 Å². The first-order valence-corrected chi connectivity index (χ1v) is 10.3. The Kier molecular flexibility index (Phi) is 5.10. The third-order valence-electron chi connectivity index (χ3n) is 4.91. The van der Waals surface area contributed by atoms with Crippen molar-refractivity contribution in [1.29, 1.82) is 0 Å². The van der Waals surface area contributed by atoms with Gasteiger partial charge in [-0.1, -0.05) is 24.3 Å². The zero-order valence-electron chi connectivity index (χ0n) is 15.4. The minimum Gasteiger partial charge on any atom is -0.493 e. The molecule has 2 aromatic rings. The smallest absolute Gasteiger partial charge is 0.240 e. The van der Waals surface area contributed by atoms with Crippen molar-refractivity contribution in [2.45, 2.75) is 44.1 Å². The average molecular weight is 375 g/mol. The van der Waals surface area contributed by atoms with Crippen molar-refractivity contribution in [2.24, 2.45) is 0 Å². The lowest BCUT2D eigenvalue weighted by molar-refractivity contribution is 0.0442. The molecule has 0 saturated heterocycles. The molecule has 1 aliphatic rings. The van der Waals surface area contributed by atoms with Gasteiger partial charge in [-0.3, -0.25) is 0 Å². The van der Waals surface area contributed by atoms with E-state index >= 15 is 0 Å². The summed E-state index contributed by atoms with van der Waals surface area (Å²) in [6, 6.07) is 10.8. The van der Waals surface area contributed by atoms with E-state index in [1.165, 1.54) is 0 Å². The van der Waals surface area contributed by atoms with Gasteiger partial charge < -0.3 is 9.84 Å². The predicted octanol–water partition coefficient (Wildman–Crippen LogP) is 2.81. The van der Waals surface area contributed by atoms with Gasteiger partial charge in [0.25, 0.3) is 0 Å². The Morgan fingerprint density at radius 3 is 2.50 bits per heavy atom. The molecule has 0 saturated carbocycles. The molecule has 1 atom stereocenters. The molecule has 140 valence electrons. The largest absolute Gasteiger partial charge is 0.493 e. The number of hydrogen-bond acceptors (Lipinski definition) is 4. The highest BCUT2D eigenvalue weighted by atomic mass is 32.2. The Morgan fingerprint density at radius 2 is 1.85 bits per heavy atom. The van der Waals surface area contributed by atoms with Crippen LogP contribution in [0.15, 0.2) is 41.3 Å². The van der Waals surface area contributed by atoms with Crippen LogP contribution in [-0.2, 0) is 22.0 Å². The fourth-order valence-corrected chi connectivity index (χ4v) is 4.85. The Bertz CT molecular complexity index is 900. The van der Waals surface area contributed by atoms with Gasteiger partial charge in [-0.25, -0.2) is 13.1 Å². The second-order valence-corrected chi connectivity index (χ2v) is 8.60. The Balaban J connectivity index is 1.82. The SMILES string of the molecule is CCOc1c(C)cc(S(=O)(=O)NCC2(O)CCc3ccccc32)cc1C. The van der Waals surface area contributed by atoms with E-state index in [0.29, 0.717) is 13.0 Å². The van der Waals surface area contributed by atoms with Crippen molar-refractivity contribution in [1.82, 2.24) is 4.72 Å². The second-order valence-electron chi connectivity index (χ2n) is 6.83. The van der Waals surface area contributed by atoms with E-state index in [1.807, 2.05) is 45.0 Å². The van der Waals surface area contributed by atoms with Crippen molar-refractivity contribution in [3.05, 3.63) is 58.7 Å². The van der Waals surface area contributed by atoms with E-state index in [4.69, 9.17) is 4.74 Å². The Hall–Kier alpha value is -1.89. The fourth-order valence-electron chi connectivity index (χ4n) is 3.59. The molecule has 0 bridgehead atoms. The zero-order chi connectivity index (χ0) is 18.9. The molecule has 2 N–H and O–H groups in total. The lowest BCUT2D eigenvalue weighted by Gasteiger charge is -2.24. The first kappa shape index (κ1) is 18.9. The number of aliphatic hydroxyl groups is 1. The van der Waals surface area contributed by atoms with E-state index in [0.717, 1.165) is 34.4 Å². The van der Waals surface area contributed by atoms with Crippen LogP contribution >= 0.6 is 0 Å². The van der Waals surface area contributed by atoms with Crippen molar-refractivity contribution in [3.8, 4) is 5.75 Å². The van der Waals surface area contributed by atoms with Gasteiger partial charge in [0.1, 0.15) is 11.4 Å². The summed E-state index contributed by atoms with van der Waals surface area (Å²) in [6.45, 7) is 6.04. The number of fused-ring (bicyclic) bond motifs is 1. The lowest BCUT2D eigenvalue weighted by Crippen LogP contribution is -2.39. The van der Waals surface area contributed by atoms with Crippen LogP contribution in [-0.4, -0.2) is 26.7 Å². The molecule has 0 aromatic heterocycles. The highest BCUT2D eigenvalue weighted by molar-refractivity contribution is 7.89. The summed E-state index contributed by atoms with van der Waals surface area (Å²) in [4.78, 5) is 0.186. The third-order valence-corrected chi connectivity index (χ3v) is 6.29. The van der Waals surface area contributed by atoms with Crippen LogP contribution in [0.5, 0.6) is 5.75 Å². The van der Waals surface area contributed by atoms with Crippen LogP contribution in [0.3, 0.4) is 0 Å². The number of hydrogen-bond donors (Lipinski definition) is 2. The second kappa shape index (κ2) is 7.02. The topological polar surface area (TPSA) is 75.6 Å². The molecule has 5 nitrogen and oxygen atoms in total. The molecule has 0 radical (unpaired) electrons. The van der Waals surface area contributed by atoms with Gasteiger partial charge in [-0.2, -0.15) is 0 Å². The highest BCUT2D eigenvalue weighted by Gasteiger charge is 2.37. The summed E-state index contributed by atoms with van der Waals surface area (Å²) in [5, 5.41) is 10.9. The minimum atomic E-state index is -3.73. The number of nitrogens with one attached hydrogen (secondary N) is 1. The normalized spacial score (nSPS) is 19.4. The zero-order valence-corrected chi connectivity index (χ0v) is 16.2. The average Bonchev–Trinajstić information content (AvgIpc) is 2.94. The van der Waals surface area contributed by atoms with E-state index < -0.39 is 15.6 Å². The third kappa shape index (κ3) is 3.49. The van der Waals surface area contributed by atoms with Gasteiger partial charge in [0.2, 0.25) is 10.0 Å². The summed E-state index contributed by atoms with van der Waals surface area (Å²) in [7, 11) is -3.73. The molecule has 1 unspecified atom stereocenters. The van der Waals surface area contributed by atoms with Crippen molar-refractivity contribution in [2.75, 3.05) is 13.2 Å². The summed E-state index contributed by atoms with van der Waals surface area (Å²) in [6.07, 6.45) is 1.26. The van der Waals surface area contributed by atoms with E-state index in [2.05, 4.69) is 4.72 Å². The van der Waals surface area contributed by atoms with E-state index in [-0.39, 0.29) is 11.4 Å². The maximum atomic E-state index is 12.8. The summed E-state index contributed by atoms with van der Waals surface area (Å²) >= 11 is 0. The van der Waals surface area contributed by atoms with Gasteiger partial charge in [0, 0.05) is 6.54 Å². The molecule has 0 fully saturated rings. The van der Waals surface area contributed by atoms with Crippen LogP contribution < -0.4 is 9.46 Å². The van der Waals surface area contributed by atoms with Crippen molar-refractivity contribution >= 4 is 10.0 Å². The molecule has 0 heterocycles. The molecular weight excluding hydrogens is 350 g/mol. The van der Waals surface area contributed by atoms with Crippen LogP contribution in [0.2, 0.25) is 0 Å². The first-order chi connectivity index (χ1) is 12.3. The maximum absolute atomic E-state index is 12.8. The number of benzene rings is 2. The standard InChI is InChI=1S/C20H25NO4S/c1-4-25-19-14(2)11-17(12-15(19)3)26(23,24)21-13-20(22)10-9-16-7-5-6-8-18(16)20/h5-8,11-12,21-22H,4,9-10,13H2,1-3H3. The summed E-state index contributed by atoms with van der Waals surface area (Å²) in [5.74, 6) is 0.717. The molecule has 6 heteroatoms. The number of rotatable bonds is 6. The number of ether oxygens (including phenoxy) is 1. The molecule has 2 aromatic carbocycles. The van der Waals surface area contributed by atoms with Crippen LogP contribution in [0.4, 0.5) is 0 Å². The molecule has 0 spiro atoms. The Labute approximate surface area is 155 Å². The maximum Gasteiger partial charge on any atom is 0.240 e. The lowest BCUT2D eigenvalue weighted by atomic mass is 9.96. The fraction of sp³-hybridized carbons (Fsp3) is 0.400. The monoisotopic (exact) mass is 375 g/mol. The molecule has 1 aliphatic carbocycles. The molecular formula is C20H25NO4S. The Morgan fingerprint density at radius 1 is 1.19 bits per heavy atom. The molecule has 26 heavy (non-hydrogen) atoms. The van der Waals surface area contributed by atoms with Gasteiger partial charge in [0.15, 0.2) is 0 Å². The quantitative estimate of drug-likeness (QED) is 0.814. The number of sulfonamides is 1. The van der Waals surface area contributed by atoms with Crippen LogP contribution in [0.1, 0.15) is 35.6 Å². The predicted molar refractivity (Wildman–Crippen MR) is 101 cm³/mol.